The number of aromatic nitrogens is 4. The molecule has 1 saturated heterocycles. The lowest BCUT2D eigenvalue weighted by molar-refractivity contribution is 0.0862. The first-order valence-corrected chi connectivity index (χ1v) is 13.8. The summed E-state index contributed by atoms with van der Waals surface area (Å²) in [6.07, 6.45) is 6.21. The molecule has 1 saturated carbocycles. The van der Waals surface area contributed by atoms with Gasteiger partial charge < -0.3 is 34.2 Å². The largest absolute Gasteiger partial charge is 0.495 e. The minimum Gasteiger partial charge on any atom is -0.495 e. The number of aliphatic hydroxyl groups is 1. The van der Waals surface area contributed by atoms with E-state index in [0.717, 1.165) is 47.7 Å². The zero-order valence-electron chi connectivity index (χ0n) is 22.8. The second-order valence-corrected chi connectivity index (χ2v) is 10.6. The monoisotopic (exact) mass is 554 g/mol. The van der Waals surface area contributed by atoms with Crippen LogP contribution in [0.2, 0.25) is 0 Å². The smallest absolute Gasteiger partial charge is 0.254 e. The van der Waals surface area contributed by atoms with Gasteiger partial charge in [-0.3, -0.25) is 4.79 Å². The van der Waals surface area contributed by atoms with E-state index in [4.69, 9.17) is 23.9 Å². The lowest BCUT2D eigenvalue weighted by atomic mass is 10.1. The third-order valence-corrected chi connectivity index (χ3v) is 7.77. The zero-order valence-corrected chi connectivity index (χ0v) is 22.8. The van der Waals surface area contributed by atoms with E-state index in [2.05, 4.69) is 15.3 Å². The number of anilines is 2. The Kier molecular flexibility index (Phi) is 6.23. The van der Waals surface area contributed by atoms with E-state index in [1.807, 2.05) is 31.3 Å². The van der Waals surface area contributed by atoms with Gasteiger partial charge in [0.25, 0.3) is 5.91 Å². The first-order chi connectivity index (χ1) is 20.0. The number of benzene rings is 2. The maximum Gasteiger partial charge on any atom is 0.254 e. The fraction of sp³-hybridized carbons (Fsp3) is 0.333. The van der Waals surface area contributed by atoms with Crippen molar-refractivity contribution in [2.75, 3.05) is 25.6 Å². The number of aliphatic hydroxyl groups excluding tert-OH is 1. The molecule has 1 amide bonds. The third kappa shape index (κ3) is 4.71. The summed E-state index contributed by atoms with van der Waals surface area (Å²) in [5.74, 6) is 1.78. The molecule has 4 heterocycles. The minimum absolute atomic E-state index is 0.0393. The van der Waals surface area contributed by atoms with Crippen LogP contribution in [0.3, 0.4) is 0 Å². The number of methoxy groups -OCH3 is 1. The van der Waals surface area contributed by atoms with Crippen LogP contribution in [0.25, 0.3) is 33.3 Å². The van der Waals surface area contributed by atoms with Crippen LogP contribution in [0.1, 0.15) is 41.9 Å². The molecule has 0 spiro atoms. The summed E-state index contributed by atoms with van der Waals surface area (Å²) in [6.45, 7) is 2.35. The highest BCUT2D eigenvalue weighted by atomic mass is 16.5. The number of ether oxygens (including phenoxy) is 2. The van der Waals surface area contributed by atoms with Crippen molar-refractivity contribution < 1.29 is 23.8 Å². The van der Waals surface area contributed by atoms with E-state index < -0.39 is 0 Å². The summed E-state index contributed by atoms with van der Waals surface area (Å²) in [7, 11) is 1.55. The second-order valence-electron chi connectivity index (χ2n) is 10.6. The lowest BCUT2D eigenvalue weighted by Crippen LogP contribution is -2.15. The topological polar surface area (TPSA) is 138 Å². The highest BCUT2D eigenvalue weighted by Crippen LogP contribution is 2.38. The van der Waals surface area contributed by atoms with E-state index in [9.17, 15) is 9.90 Å². The molecular weight excluding hydrogens is 524 g/mol. The van der Waals surface area contributed by atoms with Crippen LogP contribution in [0.4, 0.5) is 11.6 Å². The highest BCUT2D eigenvalue weighted by molar-refractivity contribution is 5.99. The summed E-state index contributed by atoms with van der Waals surface area (Å²) < 4.78 is 17.9. The van der Waals surface area contributed by atoms with Gasteiger partial charge in [0, 0.05) is 30.8 Å². The molecule has 7 rings (SSSR count). The molecule has 3 N–H and O–H groups in total. The Balaban J connectivity index is 1.25. The maximum atomic E-state index is 12.7. The zero-order chi connectivity index (χ0) is 28.1. The van der Waals surface area contributed by atoms with Crippen LogP contribution in [-0.4, -0.2) is 68.3 Å². The third-order valence-electron chi connectivity index (χ3n) is 7.77. The number of H-pyrrole nitrogens is 1. The standard InChI is InChI=1S/C30H30N6O5/c1-16-32-23-9-7-17(11-25(23)40-16)21-13-31-27-26(21)28(41-20-5-3-4-6-20)35-30(34-27)33-22-10-8-18(12-24(22)39-2)29(38)36-14-19(36)15-37/h7-13,19-20,37H,3-6,14-15H2,1-2H3,(H2,31,33,34,35)/t19-,36?/m1/s1. The van der Waals surface area contributed by atoms with Crippen LogP contribution in [0.15, 0.2) is 47.0 Å². The number of hydrogen-bond acceptors (Lipinski definition) is 9. The molecule has 2 aliphatic rings. The van der Waals surface area contributed by atoms with E-state index in [1.165, 1.54) is 0 Å². The number of carbonyl (C=O) groups excluding carboxylic acids is 1. The van der Waals surface area contributed by atoms with Crippen molar-refractivity contribution in [2.24, 2.45) is 0 Å². The van der Waals surface area contributed by atoms with E-state index in [1.54, 1.807) is 30.2 Å². The Labute approximate surface area is 235 Å². The van der Waals surface area contributed by atoms with Crippen molar-refractivity contribution in [3.8, 4) is 22.8 Å². The van der Waals surface area contributed by atoms with Gasteiger partial charge in [0.15, 0.2) is 11.5 Å². The number of amides is 1. The molecule has 2 aromatic carbocycles. The molecule has 11 nitrogen and oxygen atoms in total. The molecule has 11 heteroatoms. The normalized spacial score (nSPS) is 17.0. The van der Waals surface area contributed by atoms with Gasteiger partial charge in [-0.05, 0) is 61.6 Å². The summed E-state index contributed by atoms with van der Waals surface area (Å²) in [6, 6.07) is 11.0. The first-order valence-electron chi connectivity index (χ1n) is 13.8. The summed E-state index contributed by atoms with van der Waals surface area (Å²) in [4.78, 5) is 31.6. The predicted molar refractivity (Wildman–Crippen MR) is 153 cm³/mol. The van der Waals surface area contributed by atoms with Crippen molar-refractivity contribution in [3.63, 3.8) is 0 Å². The van der Waals surface area contributed by atoms with Crippen molar-refractivity contribution in [1.82, 2.24) is 24.8 Å². The number of nitrogens with one attached hydrogen (secondary N) is 2. The molecule has 1 aliphatic carbocycles. The Bertz CT molecular complexity index is 1770. The highest BCUT2D eigenvalue weighted by Gasteiger charge is 2.38. The first kappa shape index (κ1) is 25.3. The summed E-state index contributed by atoms with van der Waals surface area (Å²) >= 11 is 0. The molecule has 3 aromatic heterocycles. The van der Waals surface area contributed by atoms with Gasteiger partial charge >= 0.3 is 0 Å². The number of fused-ring (bicyclic) bond motifs is 2. The van der Waals surface area contributed by atoms with Gasteiger partial charge in [0.2, 0.25) is 11.8 Å². The Morgan fingerprint density at radius 3 is 2.80 bits per heavy atom. The van der Waals surface area contributed by atoms with Crippen LogP contribution >= 0.6 is 0 Å². The van der Waals surface area contributed by atoms with Gasteiger partial charge in [0.1, 0.15) is 23.0 Å². The number of aromatic amines is 1. The van der Waals surface area contributed by atoms with E-state index >= 15 is 0 Å². The van der Waals surface area contributed by atoms with E-state index in [0.29, 0.717) is 52.5 Å². The van der Waals surface area contributed by atoms with Gasteiger partial charge in [-0.15, -0.1) is 0 Å². The average molecular weight is 555 g/mol. The molecule has 210 valence electrons. The minimum atomic E-state index is -0.142. The number of carbonyl (C=O) groups is 1. The van der Waals surface area contributed by atoms with E-state index in [-0.39, 0.29) is 24.7 Å². The summed E-state index contributed by atoms with van der Waals surface area (Å²) in [5, 5.41) is 13.4. The number of hydrogen-bond donors (Lipinski definition) is 3. The quantitative estimate of drug-likeness (QED) is 0.227. The molecule has 41 heavy (non-hydrogen) atoms. The van der Waals surface area contributed by atoms with Crippen LogP contribution in [0.5, 0.6) is 11.6 Å². The van der Waals surface area contributed by atoms with Crippen LogP contribution in [-0.2, 0) is 0 Å². The molecule has 1 aliphatic heterocycles. The Hall–Kier alpha value is -4.64. The fourth-order valence-corrected chi connectivity index (χ4v) is 5.54. The van der Waals surface area contributed by atoms with Crippen LogP contribution in [0, 0.1) is 6.92 Å². The van der Waals surface area contributed by atoms with Crippen LogP contribution < -0.4 is 14.8 Å². The number of nitrogens with zero attached hydrogens (tertiary/aromatic N) is 4. The van der Waals surface area contributed by atoms with Crippen molar-refractivity contribution in [3.05, 3.63) is 54.0 Å². The Morgan fingerprint density at radius 2 is 2.02 bits per heavy atom. The van der Waals surface area contributed by atoms with Crippen molar-refractivity contribution in [1.29, 1.82) is 0 Å². The summed E-state index contributed by atoms with van der Waals surface area (Å²) in [5.41, 5.74) is 5.09. The maximum absolute atomic E-state index is 12.7. The van der Waals surface area contributed by atoms with Crippen molar-refractivity contribution >= 4 is 39.7 Å². The second kappa shape index (κ2) is 10.1. The molecule has 0 bridgehead atoms. The Morgan fingerprint density at radius 1 is 1.17 bits per heavy atom. The SMILES string of the molecule is COc1cc(C(=O)N2C[C@@H]2CO)ccc1Nc1nc(OC2CCCC2)c2c(-c3ccc4nc(C)oc4c3)c[nH]c2n1. The number of rotatable bonds is 8. The molecule has 2 fully saturated rings. The van der Waals surface area contributed by atoms with Gasteiger partial charge in [-0.1, -0.05) is 6.07 Å². The molecule has 0 unspecified atom stereocenters. The molecule has 5 aromatic rings. The number of oxazole rings is 1. The number of aryl methyl sites for hydroxylation is 1. The predicted octanol–water partition coefficient (Wildman–Crippen LogP) is 4.96. The van der Waals surface area contributed by atoms with Gasteiger partial charge in [-0.2, -0.15) is 9.97 Å². The molecule has 0 radical (unpaired) electrons. The van der Waals surface area contributed by atoms with Crippen molar-refractivity contribution in [2.45, 2.75) is 44.8 Å². The van der Waals surface area contributed by atoms with Gasteiger partial charge in [-0.25, -0.2) is 4.98 Å². The molecular formula is C30H30N6O5. The van der Waals surface area contributed by atoms with Gasteiger partial charge in [0.05, 0.1) is 30.8 Å². The lowest BCUT2D eigenvalue weighted by Gasteiger charge is -2.16. The molecule has 1 atom stereocenters. The fourth-order valence-electron chi connectivity index (χ4n) is 5.54. The average Bonchev–Trinajstić information content (AvgIpc) is 3.26.